The second-order valence-corrected chi connectivity index (χ2v) is 2.64. The second kappa shape index (κ2) is 5.08. The Labute approximate surface area is 85.4 Å². The lowest BCUT2D eigenvalue weighted by atomic mass is 10.2. The minimum atomic E-state index is -1.38. The van der Waals surface area contributed by atoms with Crippen molar-refractivity contribution in [3.05, 3.63) is 29.3 Å². The SMILES string of the molecule is O=C(O)c1cc(C#CCCO)cnc1F. The van der Waals surface area contributed by atoms with Crippen LogP contribution in [0, 0.1) is 17.8 Å². The van der Waals surface area contributed by atoms with Crippen molar-refractivity contribution in [2.75, 3.05) is 6.61 Å². The first-order chi connectivity index (χ1) is 7.15. The fourth-order valence-corrected chi connectivity index (χ4v) is 0.887. The topological polar surface area (TPSA) is 70.4 Å². The summed E-state index contributed by atoms with van der Waals surface area (Å²) in [5, 5.41) is 17.1. The molecule has 2 N–H and O–H groups in total. The first-order valence-corrected chi connectivity index (χ1v) is 4.13. The van der Waals surface area contributed by atoms with Crippen molar-refractivity contribution in [3.63, 3.8) is 0 Å². The minimum absolute atomic E-state index is 0.0760. The van der Waals surface area contributed by atoms with Crippen LogP contribution in [0.2, 0.25) is 0 Å². The van der Waals surface area contributed by atoms with Gasteiger partial charge in [0.1, 0.15) is 5.56 Å². The van der Waals surface area contributed by atoms with Crippen LogP contribution in [0.5, 0.6) is 0 Å². The third-order valence-corrected chi connectivity index (χ3v) is 1.54. The predicted octanol–water partition coefficient (Wildman–Crippen LogP) is 0.653. The zero-order chi connectivity index (χ0) is 11.3. The van der Waals surface area contributed by atoms with E-state index in [1.807, 2.05) is 0 Å². The standard InChI is InChI=1S/C10H8FNO3/c11-9-8(10(14)15)5-7(6-12-9)3-1-2-4-13/h5-6,13H,2,4H2,(H,14,15). The summed E-state index contributed by atoms with van der Waals surface area (Å²) in [6.45, 7) is -0.0760. The van der Waals surface area contributed by atoms with Gasteiger partial charge in [0, 0.05) is 18.2 Å². The van der Waals surface area contributed by atoms with Gasteiger partial charge in [-0.3, -0.25) is 0 Å². The van der Waals surface area contributed by atoms with Gasteiger partial charge in [-0.1, -0.05) is 11.8 Å². The van der Waals surface area contributed by atoms with Crippen molar-refractivity contribution in [2.45, 2.75) is 6.42 Å². The van der Waals surface area contributed by atoms with Gasteiger partial charge < -0.3 is 10.2 Å². The quantitative estimate of drug-likeness (QED) is 0.554. The van der Waals surface area contributed by atoms with Crippen molar-refractivity contribution >= 4 is 5.97 Å². The number of carbonyl (C=O) groups is 1. The van der Waals surface area contributed by atoms with E-state index in [1.54, 1.807) is 0 Å². The summed E-state index contributed by atoms with van der Waals surface area (Å²) < 4.78 is 12.8. The second-order valence-electron chi connectivity index (χ2n) is 2.64. The van der Waals surface area contributed by atoms with E-state index in [2.05, 4.69) is 16.8 Å². The van der Waals surface area contributed by atoms with Gasteiger partial charge in [-0.15, -0.1) is 0 Å². The summed E-state index contributed by atoms with van der Waals surface area (Å²) in [5.41, 5.74) is -0.201. The first-order valence-electron chi connectivity index (χ1n) is 4.13. The van der Waals surface area contributed by atoms with Crippen molar-refractivity contribution in [1.82, 2.24) is 4.98 Å². The highest BCUT2D eigenvalue weighted by Gasteiger charge is 2.11. The molecule has 1 aromatic heterocycles. The number of aromatic nitrogens is 1. The molecule has 1 heterocycles. The molecule has 0 unspecified atom stereocenters. The van der Waals surface area contributed by atoms with E-state index in [0.29, 0.717) is 5.56 Å². The molecule has 0 saturated heterocycles. The van der Waals surface area contributed by atoms with Gasteiger partial charge in [-0.25, -0.2) is 9.78 Å². The molecular weight excluding hydrogens is 201 g/mol. The predicted molar refractivity (Wildman–Crippen MR) is 49.7 cm³/mol. The highest BCUT2D eigenvalue weighted by Crippen LogP contribution is 2.06. The molecule has 4 nitrogen and oxygen atoms in total. The lowest BCUT2D eigenvalue weighted by Crippen LogP contribution is -2.03. The number of carboxylic acids is 1. The van der Waals surface area contributed by atoms with Crippen LogP contribution in [-0.2, 0) is 0 Å². The summed E-state index contributed by atoms with van der Waals surface area (Å²) in [4.78, 5) is 13.8. The lowest BCUT2D eigenvalue weighted by Gasteiger charge is -1.96. The zero-order valence-electron chi connectivity index (χ0n) is 7.70. The molecule has 0 aliphatic heterocycles. The highest BCUT2D eigenvalue weighted by molar-refractivity contribution is 5.87. The molecule has 0 saturated carbocycles. The van der Waals surface area contributed by atoms with E-state index < -0.39 is 17.5 Å². The van der Waals surface area contributed by atoms with Crippen LogP contribution in [0.15, 0.2) is 12.3 Å². The molecule has 78 valence electrons. The van der Waals surface area contributed by atoms with Crippen LogP contribution in [-0.4, -0.2) is 27.8 Å². The molecule has 0 aromatic carbocycles. The third-order valence-electron chi connectivity index (χ3n) is 1.54. The summed E-state index contributed by atoms with van der Waals surface area (Å²) in [7, 11) is 0. The number of hydrogen-bond donors (Lipinski definition) is 2. The summed E-state index contributed by atoms with van der Waals surface area (Å²) in [6.07, 6.45) is 1.42. The van der Waals surface area contributed by atoms with E-state index in [0.717, 1.165) is 12.3 Å². The molecule has 0 amide bonds. The van der Waals surface area contributed by atoms with Crippen LogP contribution >= 0.6 is 0 Å². The van der Waals surface area contributed by atoms with Gasteiger partial charge in [0.25, 0.3) is 0 Å². The number of halogens is 1. The molecule has 15 heavy (non-hydrogen) atoms. The summed E-state index contributed by atoms with van der Waals surface area (Å²) in [5.74, 6) is 2.73. The molecule has 0 spiro atoms. The number of carboxylic acid groups (broad SMARTS) is 1. The van der Waals surface area contributed by atoms with Crippen molar-refractivity contribution in [2.24, 2.45) is 0 Å². The largest absolute Gasteiger partial charge is 0.478 e. The number of aliphatic hydroxyl groups is 1. The minimum Gasteiger partial charge on any atom is -0.478 e. The smallest absolute Gasteiger partial charge is 0.340 e. The maximum absolute atomic E-state index is 12.8. The number of rotatable bonds is 2. The van der Waals surface area contributed by atoms with Crippen LogP contribution in [0.4, 0.5) is 4.39 Å². The van der Waals surface area contributed by atoms with Gasteiger partial charge in [0.2, 0.25) is 5.95 Å². The zero-order valence-corrected chi connectivity index (χ0v) is 7.70. The molecule has 1 aromatic rings. The van der Waals surface area contributed by atoms with E-state index in [4.69, 9.17) is 10.2 Å². The van der Waals surface area contributed by atoms with E-state index in [1.165, 1.54) is 0 Å². The average molecular weight is 209 g/mol. The van der Waals surface area contributed by atoms with E-state index in [-0.39, 0.29) is 13.0 Å². The van der Waals surface area contributed by atoms with Crippen LogP contribution in [0.25, 0.3) is 0 Å². The Bertz CT molecular complexity index is 434. The molecule has 0 atom stereocenters. The van der Waals surface area contributed by atoms with Gasteiger partial charge in [-0.05, 0) is 6.07 Å². The molecule has 0 bridgehead atoms. The van der Waals surface area contributed by atoms with Crippen molar-refractivity contribution in [1.29, 1.82) is 0 Å². The van der Waals surface area contributed by atoms with Crippen LogP contribution in [0.1, 0.15) is 22.3 Å². The monoisotopic (exact) mass is 209 g/mol. The van der Waals surface area contributed by atoms with E-state index in [9.17, 15) is 9.18 Å². The number of nitrogens with zero attached hydrogens (tertiary/aromatic N) is 1. The first kappa shape index (κ1) is 11.1. The van der Waals surface area contributed by atoms with Gasteiger partial charge in [0.05, 0.1) is 6.61 Å². The normalized spacial score (nSPS) is 9.20. The molecule has 0 fully saturated rings. The third kappa shape index (κ3) is 3.04. The Morgan fingerprint density at radius 1 is 1.60 bits per heavy atom. The number of aliphatic hydroxyl groups excluding tert-OH is 1. The fourth-order valence-electron chi connectivity index (χ4n) is 0.887. The average Bonchev–Trinajstić information content (AvgIpc) is 2.20. The molecule has 0 radical (unpaired) electrons. The van der Waals surface area contributed by atoms with Crippen molar-refractivity contribution in [3.8, 4) is 11.8 Å². The summed E-state index contributed by atoms with van der Waals surface area (Å²) >= 11 is 0. The molecule has 0 aliphatic carbocycles. The summed E-state index contributed by atoms with van der Waals surface area (Å²) in [6, 6.07) is 1.11. The number of hydrogen-bond acceptors (Lipinski definition) is 3. The lowest BCUT2D eigenvalue weighted by molar-refractivity contribution is 0.0690. The molecule has 5 heteroatoms. The van der Waals surface area contributed by atoms with Crippen LogP contribution < -0.4 is 0 Å². The molecular formula is C10H8FNO3. The van der Waals surface area contributed by atoms with Gasteiger partial charge >= 0.3 is 5.97 Å². The molecule has 0 aliphatic rings. The van der Waals surface area contributed by atoms with Crippen LogP contribution in [0.3, 0.4) is 0 Å². The Hall–Kier alpha value is -1.93. The fraction of sp³-hybridized carbons (Fsp3) is 0.200. The number of pyridine rings is 1. The maximum Gasteiger partial charge on any atom is 0.340 e. The van der Waals surface area contributed by atoms with Crippen molar-refractivity contribution < 1.29 is 19.4 Å². The number of aromatic carboxylic acids is 1. The Morgan fingerprint density at radius 3 is 2.93 bits per heavy atom. The molecule has 1 rings (SSSR count). The Morgan fingerprint density at radius 2 is 2.33 bits per heavy atom. The maximum atomic E-state index is 12.8. The highest BCUT2D eigenvalue weighted by atomic mass is 19.1. The van der Waals surface area contributed by atoms with Gasteiger partial charge in [-0.2, -0.15) is 4.39 Å². The van der Waals surface area contributed by atoms with E-state index >= 15 is 0 Å². The van der Waals surface area contributed by atoms with Gasteiger partial charge in [0.15, 0.2) is 0 Å². The Balaban J connectivity index is 2.99. The Kier molecular flexibility index (Phi) is 3.77.